The average Bonchev–Trinajstić information content (AvgIpc) is 3.14. The van der Waals surface area contributed by atoms with Gasteiger partial charge in [0.1, 0.15) is 5.69 Å². The number of Topliss-reactive ketones (excluding diaryl/α,β-unsaturated/α-hetero) is 1. The molecule has 9 heteroatoms. The SMILES string of the molecule is COC(=O)c1c(-c2c(Cl)cccc2Cl)noc1NC(=O)CCC(=O)c1ccc(C)cc1. The van der Waals surface area contributed by atoms with E-state index in [-0.39, 0.29) is 51.4 Å². The van der Waals surface area contributed by atoms with Crippen LogP contribution in [-0.4, -0.2) is 29.9 Å². The lowest BCUT2D eigenvalue weighted by atomic mass is 10.0. The number of anilines is 1. The highest BCUT2D eigenvalue weighted by Gasteiger charge is 2.28. The highest BCUT2D eigenvalue weighted by molar-refractivity contribution is 6.39. The number of rotatable bonds is 7. The van der Waals surface area contributed by atoms with Crippen molar-refractivity contribution >= 4 is 46.7 Å². The van der Waals surface area contributed by atoms with E-state index in [0.29, 0.717) is 5.56 Å². The van der Waals surface area contributed by atoms with E-state index >= 15 is 0 Å². The summed E-state index contributed by atoms with van der Waals surface area (Å²) < 4.78 is 9.97. The van der Waals surface area contributed by atoms with Crippen molar-refractivity contribution in [2.75, 3.05) is 12.4 Å². The van der Waals surface area contributed by atoms with Gasteiger partial charge in [-0.25, -0.2) is 4.79 Å². The van der Waals surface area contributed by atoms with Gasteiger partial charge in [-0.05, 0) is 19.1 Å². The molecule has 7 nitrogen and oxygen atoms in total. The largest absolute Gasteiger partial charge is 0.465 e. The van der Waals surface area contributed by atoms with Crippen LogP contribution in [0.15, 0.2) is 47.0 Å². The number of nitrogens with zero attached hydrogens (tertiary/aromatic N) is 1. The van der Waals surface area contributed by atoms with Crippen molar-refractivity contribution in [2.24, 2.45) is 0 Å². The predicted molar refractivity (Wildman–Crippen MR) is 117 cm³/mol. The van der Waals surface area contributed by atoms with Crippen molar-refractivity contribution in [2.45, 2.75) is 19.8 Å². The Balaban J connectivity index is 1.79. The zero-order chi connectivity index (χ0) is 22.5. The smallest absolute Gasteiger partial charge is 0.345 e. The summed E-state index contributed by atoms with van der Waals surface area (Å²) in [5.74, 6) is -1.72. The summed E-state index contributed by atoms with van der Waals surface area (Å²) in [5, 5.41) is 6.80. The molecule has 0 unspecified atom stereocenters. The zero-order valence-electron chi connectivity index (χ0n) is 16.7. The van der Waals surface area contributed by atoms with Gasteiger partial charge in [0.05, 0.1) is 17.2 Å². The molecule has 1 amide bonds. The third-order valence-electron chi connectivity index (χ3n) is 4.49. The number of amides is 1. The minimum Gasteiger partial charge on any atom is -0.465 e. The van der Waals surface area contributed by atoms with E-state index in [9.17, 15) is 14.4 Å². The number of esters is 1. The summed E-state index contributed by atoms with van der Waals surface area (Å²) in [5.41, 5.74) is 1.72. The van der Waals surface area contributed by atoms with E-state index in [2.05, 4.69) is 10.5 Å². The summed E-state index contributed by atoms with van der Waals surface area (Å²) in [6.07, 6.45) is -0.129. The van der Waals surface area contributed by atoms with Crippen LogP contribution in [0.1, 0.15) is 39.1 Å². The minimum atomic E-state index is -0.793. The molecule has 0 radical (unpaired) electrons. The fraction of sp³-hybridized carbons (Fsp3) is 0.182. The molecule has 31 heavy (non-hydrogen) atoms. The van der Waals surface area contributed by atoms with Gasteiger partial charge >= 0.3 is 5.97 Å². The van der Waals surface area contributed by atoms with Crippen molar-refractivity contribution in [3.05, 3.63) is 69.2 Å². The fourth-order valence-electron chi connectivity index (χ4n) is 2.86. The van der Waals surface area contributed by atoms with Gasteiger partial charge < -0.3 is 9.26 Å². The molecule has 0 aliphatic rings. The monoisotopic (exact) mass is 460 g/mol. The lowest BCUT2D eigenvalue weighted by Gasteiger charge is -2.07. The summed E-state index contributed by atoms with van der Waals surface area (Å²) in [6, 6.07) is 11.9. The Hall–Kier alpha value is -3.16. The standard InChI is InChI=1S/C22H18Cl2N2O5/c1-12-6-8-13(9-7-12)16(27)10-11-17(28)25-21-19(22(29)30-2)20(26-31-21)18-14(23)4-3-5-15(18)24/h3-9H,10-11H2,1-2H3,(H,25,28). The second kappa shape index (κ2) is 9.76. The van der Waals surface area contributed by atoms with Gasteiger partial charge in [-0.2, -0.15) is 0 Å². The predicted octanol–water partition coefficient (Wildman–Crippen LogP) is 5.35. The molecule has 0 fully saturated rings. The molecular formula is C22H18Cl2N2O5. The Labute approximate surface area is 188 Å². The van der Waals surface area contributed by atoms with E-state index in [4.69, 9.17) is 32.5 Å². The first-order chi connectivity index (χ1) is 14.8. The molecule has 1 aromatic heterocycles. The number of benzene rings is 2. The van der Waals surface area contributed by atoms with Crippen LogP contribution in [0.25, 0.3) is 11.3 Å². The Morgan fingerprint density at radius 3 is 2.29 bits per heavy atom. The fourth-order valence-corrected chi connectivity index (χ4v) is 3.44. The van der Waals surface area contributed by atoms with Crippen LogP contribution >= 0.6 is 23.2 Å². The lowest BCUT2D eigenvalue weighted by Crippen LogP contribution is -2.15. The van der Waals surface area contributed by atoms with Crippen LogP contribution in [0.5, 0.6) is 0 Å². The number of aryl methyl sites for hydroxylation is 1. The second-order valence-electron chi connectivity index (χ2n) is 6.66. The summed E-state index contributed by atoms with van der Waals surface area (Å²) in [4.78, 5) is 37.0. The molecule has 160 valence electrons. The van der Waals surface area contributed by atoms with E-state index in [1.165, 1.54) is 7.11 Å². The number of hydrogen-bond donors (Lipinski definition) is 1. The number of methoxy groups -OCH3 is 1. The van der Waals surface area contributed by atoms with E-state index in [1.807, 2.05) is 19.1 Å². The molecule has 1 heterocycles. The Morgan fingerprint density at radius 2 is 1.68 bits per heavy atom. The highest BCUT2D eigenvalue weighted by Crippen LogP contribution is 2.38. The maximum absolute atomic E-state index is 12.4. The molecule has 0 saturated carbocycles. The maximum Gasteiger partial charge on any atom is 0.345 e. The van der Waals surface area contributed by atoms with Crippen LogP contribution in [0.4, 0.5) is 5.88 Å². The Bertz CT molecular complexity index is 1120. The molecule has 3 rings (SSSR count). The summed E-state index contributed by atoms with van der Waals surface area (Å²) >= 11 is 12.4. The number of ketones is 1. The van der Waals surface area contributed by atoms with Gasteiger partial charge in [0.2, 0.25) is 11.8 Å². The van der Waals surface area contributed by atoms with Crippen molar-refractivity contribution in [3.63, 3.8) is 0 Å². The molecule has 0 aliphatic heterocycles. The molecule has 0 saturated heterocycles. The number of ether oxygens (including phenoxy) is 1. The van der Waals surface area contributed by atoms with E-state index < -0.39 is 11.9 Å². The normalized spacial score (nSPS) is 10.6. The van der Waals surface area contributed by atoms with Crippen molar-refractivity contribution in [1.82, 2.24) is 5.16 Å². The van der Waals surface area contributed by atoms with Gasteiger partial charge in [0.25, 0.3) is 0 Å². The molecule has 0 atom stereocenters. The first kappa shape index (κ1) is 22.5. The van der Waals surface area contributed by atoms with Crippen LogP contribution in [-0.2, 0) is 9.53 Å². The van der Waals surface area contributed by atoms with Crippen molar-refractivity contribution < 1.29 is 23.6 Å². The summed E-state index contributed by atoms with van der Waals surface area (Å²) in [6.45, 7) is 1.92. The average molecular weight is 461 g/mol. The van der Waals surface area contributed by atoms with Crippen LogP contribution in [0.2, 0.25) is 10.0 Å². The first-order valence-corrected chi connectivity index (χ1v) is 9.99. The summed E-state index contributed by atoms with van der Waals surface area (Å²) in [7, 11) is 1.18. The van der Waals surface area contributed by atoms with Gasteiger partial charge in [0.15, 0.2) is 11.3 Å². The molecule has 3 aromatic rings. The third kappa shape index (κ3) is 5.13. The molecule has 2 aromatic carbocycles. The lowest BCUT2D eigenvalue weighted by molar-refractivity contribution is -0.116. The minimum absolute atomic E-state index is 0.0141. The zero-order valence-corrected chi connectivity index (χ0v) is 18.2. The molecule has 0 spiro atoms. The Kier molecular flexibility index (Phi) is 7.09. The number of nitrogens with one attached hydrogen (secondary N) is 1. The van der Waals surface area contributed by atoms with E-state index in [1.54, 1.807) is 30.3 Å². The van der Waals surface area contributed by atoms with Crippen LogP contribution < -0.4 is 5.32 Å². The highest BCUT2D eigenvalue weighted by atomic mass is 35.5. The number of halogens is 2. The van der Waals surface area contributed by atoms with Crippen LogP contribution in [0.3, 0.4) is 0 Å². The van der Waals surface area contributed by atoms with Gasteiger partial charge in [-0.15, -0.1) is 0 Å². The first-order valence-electron chi connectivity index (χ1n) is 9.24. The van der Waals surface area contributed by atoms with Gasteiger partial charge in [-0.3, -0.25) is 14.9 Å². The Morgan fingerprint density at radius 1 is 1.03 bits per heavy atom. The van der Waals surface area contributed by atoms with Crippen molar-refractivity contribution in [1.29, 1.82) is 0 Å². The molecule has 0 bridgehead atoms. The van der Waals surface area contributed by atoms with Gasteiger partial charge in [0, 0.05) is 24.0 Å². The number of hydrogen-bond acceptors (Lipinski definition) is 6. The third-order valence-corrected chi connectivity index (χ3v) is 5.12. The second-order valence-corrected chi connectivity index (χ2v) is 7.48. The quantitative estimate of drug-likeness (QED) is 0.377. The maximum atomic E-state index is 12.4. The van der Waals surface area contributed by atoms with E-state index in [0.717, 1.165) is 5.56 Å². The number of aromatic nitrogens is 1. The molecule has 1 N–H and O–H groups in total. The van der Waals surface area contributed by atoms with Gasteiger partial charge in [-0.1, -0.05) is 64.3 Å². The molecule has 0 aliphatic carbocycles. The number of carbonyl (C=O) groups is 3. The number of carbonyl (C=O) groups excluding carboxylic acids is 3. The van der Waals surface area contributed by atoms with Crippen LogP contribution in [0, 0.1) is 6.92 Å². The topological polar surface area (TPSA) is 98.5 Å². The molecular weight excluding hydrogens is 443 g/mol. The van der Waals surface area contributed by atoms with Crippen molar-refractivity contribution in [3.8, 4) is 11.3 Å².